The minimum absolute atomic E-state index is 0.207. The van der Waals surface area contributed by atoms with E-state index in [0.29, 0.717) is 11.3 Å². The first-order valence-corrected chi connectivity index (χ1v) is 8.77. The number of methoxy groups -OCH3 is 1. The van der Waals surface area contributed by atoms with E-state index in [2.05, 4.69) is 5.32 Å². The SMILES string of the molecule is COCC1(C)NC(=O)C(c2c(C)cc(C)cc2C)=C1OC(=O)C(C)(C)C. The lowest BCUT2D eigenvalue weighted by atomic mass is 9.90. The van der Waals surface area contributed by atoms with Crippen LogP contribution in [0.2, 0.25) is 0 Å². The lowest BCUT2D eigenvalue weighted by Crippen LogP contribution is -2.46. The summed E-state index contributed by atoms with van der Waals surface area (Å²) in [6.07, 6.45) is 0. The number of carbonyl (C=O) groups is 2. The predicted molar refractivity (Wildman–Crippen MR) is 102 cm³/mol. The first-order valence-electron chi connectivity index (χ1n) is 8.77. The number of ether oxygens (including phenoxy) is 2. The van der Waals surface area contributed by atoms with Crippen molar-refractivity contribution < 1.29 is 19.1 Å². The largest absolute Gasteiger partial charge is 0.427 e. The second-order valence-electron chi connectivity index (χ2n) is 8.34. The van der Waals surface area contributed by atoms with Crippen molar-refractivity contribution in [1.82, 2.24) is 5.32 Å². The molecule has 0 saturated heterocycles. The number of aryl methyl sites for hydroxylation is 3. The van der Waals surface area contributed by atoms with Gasteiger partial charge in [-0.25, -0.2) is 0 Å². The van der Waals surface area contributed by atoms with Crippen molar-refractivity contribution in [2.24, 2.45) is 5.41 Å². The average molecular weight is 359 g/mol. The first-order chi connectivity index (χ1) is 11.9. The number of carbonyl (C=O) groups excluding carboxylic acids is 2. The van der Waals surface area contributed by atoms with E-state index >= 15 is 0 Å². The van der Waals surface area contributed by atoms with E-state index in [0.717, 1.165) is 22.3 Å². The molecule has 5 heteroatoms. The Hall–Kier alpha value is -2.14. The van der Waals surface area contributed by atoms with Crippen LogP contribution in [0.25, 0.3) is 5.57 Å². The highest BCUT2D eigenvalue weighted by atomic mass is 16.5. The molecule has 0 aliphatic carbocycles. The fourth-order valence-corrected chi connectivity index (χ4v) is 3.35. The molecule has 1 aromatic rings. The summed E-state index contributed by atoms with van der Waals surface area (Å²) in [5.41, 5.74) is 2.70. The molecule has 0 spiro atoms. The highest BCUT2D eigenvalue weighted by Gasteiger charge is 2.46. The van der Waals surface area contributed by atoms with Gasteiger partial charge in [0, 0.05) is 7.11 Å². The third-order valence-electron chi connectivity index (χ3n) is 4.51. The summed E-state index contributed by atoms with van der Waals surface area (Å²) in [7, 11) is 1.56. The Morgan fingerprint density at radius 1 is 1.15 bits per heavy atom. The maximum absolute atomic E-state index is 12.9. The second-order valence-corrected chi connectivity index (χ2v) is 8.34. The summed E-state index contributed by atoms with van der Waals surface area (Å²) >= 11 is 0. The zero-order valence-electron chi connectivity index (χ0n) is 17.0. The lowest BCUT2D eigenvalue weighted by Gasteiger charge is -2.28. The van der Waals surface area contributed by atoms with Crippen LogP contribution in [0.15, 0.2) is 17.9 Å². The van der Waals surface area contributed by atoms with Gasteiger partial charge in [-0.15, -0.1) is 0 Å². The van der Waals surface area contributed by atoms with Crippen LogP contribution in [0, 0.1) is 26.2 Å². The van der Waals surface area contributed by atoms with Crippen LogP contribution in [0.1, 0.15) is 49.9 Å². The number of benzene rings is 1. The van der Waals surface area contributed by atoms with Crippen LogP contribution >= 0.6 is 0 Å². The van der Waals surface area contributed by atoms with Crippen molar-refractivity contribution in [3.05, 3.63) is 40.1 Å². The van der Waals surface area contributed by atoms with Crippen LogP contribution in [0.4, 0.5) is 0 Å². The van der Waals surface area contributed by atoms with Crippen molar-refractivity contribution >= 4 is 17.4 Å². The topological polar surface area (TPSA) is 64.6 Å². The van der Waals surface area contributed by atoms with Gasteiger partial charge in [-0.1, -0.05) is 17.7 Å². The quantitative estimate of drug-likeness (QED) is 0.837. The molecule has 0 aromatic heterocycles. The van der Waals surface area contributed by atoms with Gasteiger partial charge in [0.2, 0.25) is 0 Å². The van der Waals surface area contributed by atoms with Gasteiger partial charge in [0.1, 0.15) is 11.3 Å². The third-order valence-corrected chi connectivity index (χ3v) is 4.51. The molecule has 1 aromatic carbocycles. The number of amides is 1. The molecule has 0 saturated carbocycles. The molecule has 1 heterocycles. The van der Waals surface area contributed by atoms with Crippen molar-refractivity contribution in [1.29, 1.82) is 0 Å². The Morgan fingerprint density at radius 3 is 2.15 bits per heavy atom. The fraction of sp³-hybridized carbons (Fsp3) is 0.524. The van der Waals surface area contributed by atoms with Gasteiger partial charge in [0.05, 0.1) is 17.6 Å². The van der Waals surface area contributed by atoms with E-state index < -0.39 is 11.0 Å². The van der Waals surface area contributed by atoms with Gasteiger partial charge in [-0.05, 0) is 65.2 Å². The predicted octanol–water partition coefficient (Wildman–Crippen LogP) is 3.45. The fourth-order valence-electron chi connectivity index (χ4n) is 3.35. The summed E-state index contributed by atoms with van der Waals surface area (Å²) in [4.78, 5) is 25.5. The van der Waals surface area contributed by atoms with E-state index in [1.165, 1.54) is 0 Å². The van der Waals surface area contributed by atoms with Crippen LogP contribution in [-0.4, -0.2) is 31.1 Å². The Morgan fingerprint density at radius 2 is 1.69 bits per heavy atom. The normalized spacial score (nSPS) is 20.4. The molecule has 0 bridgehead atoms. The molecule has 142 valence electrons. The monoisotopic (exact) mass is 359 g/mol. The van der Waals surface area contributed by atoms with E-state index in [9.17, 15) is 9.59 Å². The molecule has 0 radical (unpaired) electrons. The van der Waals surface area contributed by atoms with Gasteiger partial charge in [-0.3, -0.25) is 9.59 Å². The zero-order chi connectivity index (χ0) is 19.9. The molecule has 2 rings (SSSR count). The number of rotatable bonds is 4. The summed E-state index contributed by atoms with van der Waals surface area (Å²) in [6.45, 7) is 13.3. The molecule has 1 N–H and O–H groups in total. The molecular formula is C21H29NO4. The van der Waals surface area contributed by atoms with E-state index in [-0.39, 0.29) is 18.5 Å². The number of nitrogens with one attached hydrogen (secondary N) is 1. The number of esters is 1. The minimum atomic E-state index is -0.897. The summed E-state index contributed by atoms with van der Waals surface area (Å²) in [5.74, 6) is -0.304. The van der Waals surface area contributed by atoms with Gasteiger partial charge in [0.15, 0.2) is 0 Å². The molecule has 1 unspecified atom stereocenters. The van der Waals surface area contributed by atoms with Gasteiger partial charge in [-0.2, -0.15) is 0 Å². The molecule has 1 aliphatic rings. The van der Waals surface area contributed by atoms with Gasteiger partial charge < -0.3 is 14.8 Å². The summed E-state index contributed by atoms with van der Waals surface area (Å²) in [5, 5.41) is 2.94. The molecule has 0 fully saturated rings. The highest BCUT2D eigenvalue weighted by Crippen LogP contribution is 2.38. The lowest BCUT2D eigenvalue weighted by molar-refractivity contribution is -0.149. The Labute approximate surface area is 155 Å². The van der Waals surface area contributed by atoms with Crippen LogP contribution in [0.3, 0.4) is 0 Å². The van der Waals surface area contributed by atoms with Crippen LogP contribution in [-0.2, 0) is 19.1 Å². The maximum atomic E-state index is 12.9. The average Bonchev–Trinajstić information content (AvgIpc) is 2.69. The molecule has 1 atom stereocenters. The number of hydrogen-bond donors (Lipinski definition) is 1. The first kappa shape index (κ1) is 20.2. The van der Waals surface area contributed by atoms with Crippen LogP contribution < -0.4 is 5.32 Å². The van der Waals surface area contributed by atoms with Gasteiger partial charge >= 0.3 is 5.97 Å². The van der Waals surface area contributed by atoms with E-state index in [1.807, 2.05) is 39.8 Å². The van der Waals surface area contributed by atoms with Crippen LogP contribution in [0.5, 0.6) is 0 Å². The van der Waals surface area contributed by atoms with E-state index in [1.54, 1.807) is 27.9 Å². The van der Waals surface area contributed by atoms with Crippen molar-refractivity contribution in [2.75, 3.05) is 13.7 Å². The maximum Gasteiger partial charge on any atom is 0.316 e. The van der Waals surface area contributed by atoms with Gasteiger partial charge in [0.25, 0.3) is 5.91 Å². The van der Waals surface area contributed by atoms with E-state index in [4.69, 9.17) is 9.47 Å². The Bertz CT molecular complexity index is 763. The molecule has 1 aliphatic heterocycles. The summed E-state index contributed by atoms with van der Waals surface area (Å²) in [6, 6.07) is 4.05. The Balaban J connectivity index is 2.72. The molecule has 5 nitrogen and oxygen atoms in total. The Kier molecular flexibility index (Phi) is 5.34. The second kappa shape index (κ2) is 6.88. The molecule has 1 amide bonds. The molecular weight excluding hydrogens is 330 g/mol. The number of hydrogen-bond acceptors (Lipinski definition) is 4. The molecule has 26 heavy (non-hydrogen) atoms. The van der Waals surface area contributed by atoms with Crippen molar-refractivity contribution in [3.63, 3.8) is 0 Å². The minimum Gasteiger partial charge on any atom is -0.427 e. The third kappa shape index (κ3) is 3.68. The highest BCUT2D eigenvalue weighted by molar-refractivity contribution is 6.24. The van der Waals surface area contributed by atoms with Crippen molar-refractivity contribution in [2.45, 2.75) is 54.0 Å². The standard InChI is InChI=1S/C21H29NO4/c1-12-9-13(2)15(14(3)10-12)16-17(26-19(24)20(4,5)6)21(7,11-25-8)22-18(16)23/h9-10H,11H2,1-8H3,(H,22,23). The smallest absolute Gasteiger partial charge is 0.316 e. The summed E-state index contributed by atoms with van der Waals surface area (Å²) < 4.78 is 11.1. The van der Waals surface area contributed by atoms with Crippen molar-refractivity contribution in [3.8, 4) is 0 Å². The zero-order valence-corrected chi connectivity index (χ0v) is 17.0.